The molecule has 1 heterocycles. The van der Waals surface area contributed by atoms with Crippen LogP contribution in [0.4, 0.5) is 0 Å². The van der Waals surface area contributed by atoms with Crippen LogP contribution in [0.25, 0.3) is 0 Å². The molecule has 2 nitrogen and oxygen atoms in total. The van der Waals surface area contributed by atoms with Gasteiger partial charge in [-0.05, 0) is 56.3 Å². The van der Waals surface area contributed by atoms with Crippen LogP contribution in [0.2, 0.25) is 0 Å². The monoisotopic (exact) mass is 246 g/mol. The Morgan fingerprint density at radius 3 is 2.61 bits per heavy atom. The zero-order chi connectivity index (χ0) is 12.8. The van der Waals surface area contributed by atoms with E-state index in [0.29, 0.717) is 0 Å². The van der Waals surface area contributed by atoms with Crippen molar-refractivity contribution in [3.63, 3.8) is 0 Å². The summed E-state index contributed by atoms with van der Waals surface area (Å²) in [6.45, 7) is 5.40. The van der Waals surface area contributed by atoms with Crippen LogP contribution in [0.1, 0.15) is 43.7 Å². The topological polar surface area (TPSA) is 29.3 Å². The number of nitrogens with two attached hydrogens (primary N) is 1. The molecule has 18 heavy (non-hydrogen) atoms. The Morgan fingerprint density at radius 2 is 1.94 bits per heavy atom. The van der Waals surface area contributed by atoms with E-state index in [0.717, 1.165) is 32.0 Å². The molecule has 0 amide bonds. The first-order valence-corrected chi connectivity index (χ1v) is 7.35. The molecule has 0 aliphatic carbocycles. The van der Waals surface area contributed by atoms with E-state index in [4.69, 9.17) is 5.73 Å². The summed E-state index contributed by atoms with van der Waals surface area (Å²) in [4.78, 5) is 2.64. The first-order chi connectivity index (χ1) is 8.83. The number of hydrogen-bond donors (Lipinski definition) is 1. The van der Waals surface area contributed by atoms with Crippen LogP contribution < -0.4 is 5.73 Å². The molecule has 1 aromatic rings. The third-order valence-corrected chi connectivity index (χ3v) is 4.06. The van der Waals surface area contributed by atoms with Gasteiger partial charge in [0.15, 0.2) is 0 Å². The molecule has 1 unspecified atom stereocenters. The molecule has 0 bridgehead atoms. The van der Waals surface area contributed by atoms with Crippen molar-refractivity contribution in [3.05, 3.63) is 35.4 Å². The van der Waals surface area contributed by atoms with Gasteiger partial charge >= 0.3 is 0 Å². The van der Waals surface area contributed by atoms with Crippen molar-refractivity contribution in [1.29, 1.82) is 0 Å². The molecule has 1 fully saturated rings. The fourth-order valence-electron chi connectivity index (χ4n) is 2.90. The van der Waals surface area contributed by atoms with Crippen molar-refractivity contribution >= 4 is 0 Å². The third-order valence-electron chi connectivity index (χ3n) is 4.06. The molecule has 0 spiro atoms. The van der Waals surface area contributed by atoms with Crippen LogP contribution in [0, 0.1) is 0 Å². The van der Waals surface area contributed by atoms with E-state index in [-0.39, 0.29) is 0 Å². The van der Waals surface area contributed by atoms with Gasteiger partial charge in [-0.3, -0.25) is 4.90 Å². The molecule has 1 aliphatic heterocycles. The molecule has 2 N–H and O–H groups in total. The van der Waals surface area contributed by atoms with Crippen LogP contribution in [-0.2, 0) is 13.0 Å². The van der Waals surface area contributed by atoms with Gasteiger partial charge in [-0.15, -0.1) is 0 Å². The fourth-order valence-corrected chi connectivity index (χ4v) is 2.90. The zero-order valence-corrected chi connectivity index (χ0v) is 11.6. The van der Waals surface area contributed by atoms with Crippen LogP contribution in [0.5, 0.6) is 0 Å². The first-order valence-electron chi connectivity index (χ1n) is 7.35. The summed E-state index contributed by atoms with van der Waals surface area (Å²) in [6.07, 6.45) is 6.26. The minimum Gasteiger partial charge on any atom is -0.330 e. The zero-order valence-electron chi connectivity index (χ0n) is 11.6. The van der Waals surface area contributed by atoms with Crippen LogP contribution >= 0.6 is 0 Å². The lowest BCUT2D eigenvalue weighted by Gasteiger charge is -2.24. The van der Waals surface area contributed by atoms with Crippen molar-refractivity contribution in [2.45, 2.75) is 51.6 Å². The molecule has 0 radical (unpaired) electrons. The number of aryl methyl sites for hydroxylation is 1. The van der Waals surface area contributed by atoms with E-state index in [1.807, 2.05) is 0 Å². The molecule has 1 aliphatic rings. The van der Waals surface area contributed by atoms with E-state index >= 15 is 0 Å². The van der Waals surface area contributed by atoms with Gasteiger partial charge in [-0.2, -0.15) is 0 Å². The number of rotatable bonds is 6. The molecule has 0 saturated carbocycles. The molecule has 2 heteroatoms. The van der Waals surface area contributed by atoms with Crippen molar-refractivity contribution in [2.24, 2.45) is 5.73 Å². The highest BCUT2D eigenvalue weighted by molar-refractivity contribution is 5.22. The van der Waals surface area contributed by atoms with Gasteiger partial charge in [0.05, 0.1) is 0 Å². The second-order valence-electron chi connectivity index (χ2n) is 5.37. The molecule has 1 atom stereocenters. The molecule has 100 valence electrons. The van der Waals surface area contributed by atoms with E-state index in [9.17, 15) is 0 Å². The van der Waals surface area contributed by atoms with Crippen molar-refractivity contribution in [1.82, 2.24) is 4.90 Å². The summed E-state index contributed by atoms with van der Waals surface area (Å²) in [5.74, 6) is 0. The van der Waals surface area contributed by atoms with Gasteiger partial charge < -0.3 is 5.73 Å². The van der Waals surface area contributed by atoms with Gasteiger partial charge in [0, 0.05) is 12.6 Å². The predicted molar refractivity (Wildman–Crippen MR) is 77.5 cm³/mol. The highest BCUT2D eigenvalue weighted by Gasteiger charge is 2.23. The maximum absolute atomic E-state index is 5.62. The second-order valence-corrected chi connectivity index (χ2v) is 5.37. The average molecular weight is 246 g/mol. The normalized spacial score (nSPS) is 20.4. The molecular weight excluding hydrogens is 220 g/mol. The van der Waals surface area contributed by atoms with E-state index < -0.39 is 0 Å². The van der Waals surface area contributed by atoms with Gasteiger partial charge in [0.25, 0.3) is 0 Å². The van der Waals surface area contributed by atoms with Gasteiger partial charge in [0.1, 0.15) is 0 Å². The fraction of sp³-hybridized carbons (Fsp3) is 0.625. The highest BCUT2D eigenvalue weighted by Crippen LogP contribution is 2.23. The summed E-state index contributed by atoms with van der Waals surface area (Å²) in [5.41, 5.74) is 8.50. The standard InChI is InChI=1S/C16H26N2/c1-2-14-7-9-15(10-8-14)13-18-12-4-6-16(18)5-3-11-17/h7-10,16H,2-6,11-13,17H2,1H3. The summed E-state index contributed by atoms with van der Waals surface area (Å²) in [6, 6.07) is 9.87. The Morgan fingerprint density at radius 1 is 1.22 bits per heavy atom. The maximum atomic E-state index is 5.62. The lowest BCUT2D eigenvalue weighted by molar-refractivity contribution is 0.232. The van der Waals surface area contributed by atoms with Crippen molar-refractivity contribution < 1.29 is 0 Å². The molecule has 0 aromatic heterocycles. The summed E-state index contributed by atoms with van der Waals surface area (Å²) >= 11 is 0. The predicted octanol–water partition coefficient (Wildman–Crippen LogP) is 2.95. The Hall–Kier alpha value is -0.860. The molecule has 1 aromatic carbocycles. The Labute approximate surface area is 111 Å². The molecule has 1 saturated heterocycles. The molecular formula is C16H26N2. The highest BCUT2D eigenvalue weighted by atomic mass is 15.2. The number of benzene rings is 1. The average Bonchev–Trinajstić information content (AvgIpc) is 2.84. The third kappa shape index (κ3) is 3.56. The van der Waals surface area contributed by atoms with Crippen LogP contribution in [0.3, 0.4) is 0 Å². The minimum atomic E-state index is 0.763. The van der Waals surface area contributed by atoms with E-state index in [1.54, 1.807) is 0 Å². The summed E-state index contributed by atoms with van der Waals surface area (Å²) < 4.78 is 0. The Kier molecular flexibility index (Phi) is 5.21. The largest absolute Gasteiger partial charge is 0.330 e. The van der Waals surface area contributed by atoms with E-state index in [1.165, 1.54) is 36.9 Å². The first kappa shape index (κ1) is 13.6. The van der Waals surface area contributed by atoms with Gasteiger partial charge in [0.2, 0.25) is 0 Å². The Balaban J connectivity index is 1.90. The molecule has 2 rings (SSSR count). The minimum absolute atomic E-state index is 0.763. The maximum Gasteiger partial charge on any atom is 0.0236 e. The van der Waals surface area contributed by atoms with Crippen molar-refractivity contribution in [3.8, 4) is 0 Å². The van der Waals surface area contributed by atoms with Crippen molar-refractivity contribution in [2.75, 3.05) is 13.1 Å². The quantitative estimate of drug-likeness (QED) is 0.836. The number of likely N-dealkylation sites (tertiary alicyclic amines) is 1. The second kappa shape index (κ2) is 6.91. The SMILES string of the molecule is CCc1ccc(CN2CCCC2CCCN)cc1. The number of hydrogen-bond acceptors (Lipinski definition) is 2. The van der Waals surface area contributed by atoms with Gasteiger partial charge in [-0.25, -0.2) is 0 Å². The van der Waals surface area contributed by atoms with Gasteiger partial charge in [-0.1, -0.05) is 31.2 Å². The Bertz CT molecular complexity index is 345. The number of nitrogens with zero attached hydrogens (tertiary/aromatic N) is 1. The van der Waals surface area contributed by atoms with E-state index in [2.05, 4.69) is 36.1 Å². The van der Waals surface area contributed by atoms with Crippen LogP contribution in [-0.4, -0.2) is 24.0 Å². The van der Waals surface area contributed by atoms with Crippen LogP contribution in [0.15, 0.2) is 24.3 Å². The lowest BCUT2D eigenvalue weighted by atomic mass is 10.1. The smallest absolute Gasteiger partial charge is 0.0236 e. The summed E-state index contributed by atoms with van der Waals surface area (Å²) in [5, 5.41) is 0. The lowest BCUT2D eigenvalue weighted by Crippen LogP contribution is -2.29. The summed E-state index contributed by atoms with van der Waals surface area (Å²) in [7, 11) is 0.